The van der Waals surface area contributed by atoms with Crippen LogP contribution in [-0.2, 0) is 6.54 Å². The van der Waals surface area contributed by atoms with Gasteiger partial charge in [0.1, 0.15) is 0 Å². The zero-order chi connectivity index (χ0) is 19.7. The predicted molar refractivity (Wildman–Crippen MR) is 118 cm³/mol. The van der Waals surface area contributed by atoms with Crippen LogP contribution in [0.1, 0.15) is 21.5 Å². The molecule has 4 rings (SSSR count). The van der Waals surface area contributed by atoms with Gasteiger partial charge in [-0.05, 0) is 54.4 Å². The van der Waals surface area contributed by atoms with E-state index in [4.69, 9.17) is 16.6 Å². The molecule has 4 nitrogen and oxygen atoms in total. The Labute approximate surface area is 179 Å². The summed E-state index contributed by atoms with van der Waals surface area (Å²) in [4.78, 5) is 23.9. The summed E-state index contributed by atoms with van der Waals surface area (Å²) in [7, 11) is 0. The van der Waals surface area contributed by atoms with E-state index in [9.17, 15) is 4.79 Å². The van der Waals surface area contributed by atoms with Crippen LogP contribution in [-0.4, -0.2) is 15.9 Å². The molecule has 0 aliphatic rings. The van der Waals surface area contributed by atoms with Crippen LogP contribution in [0.2, 0.25) is 5.02 Å². The number of hydrogen-bond donors (Lipinski definition) is 0. The third-order valence-corrected chi connectivity index (χ3v) is 6.09. The first kappa shape index (κ1) is 19.1. The maximum atomic E-state index is 13.4. The van der Waals surface area contributed by atoms with Crippen molar-refractivity contribution in [1.29, 1.82) is 0 Å². The van der Waals surface area contributed by atoms with E-state index in [0.717, 1.165) is 25.8 Å². The second-order valence-electron chi connectivity index (χ2n) is 6.34. The number of pyridine rings is 1. The molecular formula is C21H15BrClN3OS. The number of amides is 1. The summed E-state index contributed by atoms with van der Waals surface area (Å²) in [6, 6.07) is 15.1. The van der Waals surface area contributed by atoms with E-state index in [1.165, 1.54) is 11.3 Å². The average Bonchev–Trinajstić information content (AvgIpc) is 3.11. The third kappa shape index (κ3) is 3.94. The maximum Gasteiger partial charge on any atom is 0.261 e. The second kappa shape index (κ2) is 7.99. The Morgan fingerprint density at radius 1 is 1.21 bits per heavy atom. The highest BCUT2D eigenvalue weighted by Gasteiger charge is 2.24. The van der Waals surface area contributed by atoms with E-state index < -0.39 is 0 Å². The van der Waals surface area contributed by atoms with E-state index in [2.05, 4.69) is 27.0 Å². The van der Waals surface area contributed by atoms with Crippen LogP contribution in [0.25, 0.3) is 10.2 Å². The van der Waals surface area contributed by atoms with E-state index in [-0.39, 0.29) is 5.91 Å². The zero-order valence-electron chi connectivity index (χ0n) is 14.9. The lowest BCUT2D eigenvalue weighted by Gasteiger charge is -2.20. The fourth-order valence-electron chi connectivity index (χ4n) is 2.84. The fourth-order valence-corrected chi connectivity index (χ4v) is 4.46. The molecule has 0 saturated carbocycles. The highest BCUT2D eigenvalue weighted by molar-refractivity contribution is 9.10. The number of benzene rings is 2. The molecule has 0 bridgehead atoms. The number of nitrogens with zero attached hydrogens (tertiary/aromatic N) is 3. The summed E-state index contributed by atoms with van der Waals surface area (Å²) in [6.07, 6.45) is 3.46. The van der Waals surface area contributed by atoms with Gasteiger partial charge in [-0.25, -0.2) is 4.98 Å². The molecule has 4 aromatic rings. The highest BCUT2D eigenvalue weighted by Crippen LogP contribution is 2.32. The third-order valence-electron chi connectivity index (χ3n) is 4.23. The van der Waals surface area contributed by atoms with Gasteiger partial charge in [-0.3, -0.25) is 14.7 Å². The van der Waals surface area contributed by atoms with Crippen molar-refractivity contribution in [1.82, 2.24) is 9.97 Å². The number of carbonyl (C=O) groups is 1. The molecule has 0 aliphatic heterocycles. The van der Waals surface area contributed by atoms with Gasteiger partial charge < -0.3 is 0 Å². The second-order valence-corrected chi connectivity index (χ2v) is 8.68. The van der Waals surface area contributed by atoms with Crippen molar-refractivity contribution in [2.24, 2.45) is 0 Å². The lowest BCUT2D eigenvalue weighted by molar-refractivity contribution is 0.0985. The van der Waals surface area contributed by atoms with Crippen LogP contribution in [0.3, 0.4) is 0 Å². The first-order valence-corrected chi connectivity index (χ1v) is 10.5. The maximum absolute atomic E-state index is 13.4. The van der Waals surface area contributed by atoms with Crippen molar-refractivity contribution in [3.63, 3.8) is 0 Å². The molecule has 28 heavy (non-hydrogen) atoms. The quantitative estimate of drug-likeness (QED) is 0.352. The Morgan fingerprint density at radius 2 is 2.07 bits per heavy atom. The first-order chi connectivity index (χ1) is 13.5. The molecule has 140 valence electrons. The number of rotatable bonds is 4. The minimum Gasteiger partial charge on any atom is -0.279 e. The molecule has 0 atom stereocenters. The Hall–Kier alpha value is -2.28. The predicted octanol–water partition coefficient (Wildman–Crippen LogP) is 6.26. The topological polar surface area (TPSA) is 46.1 Å². The van der Waals surface area contributed by atoms with Gasteiger partial charge in [0.25, 0.3) is 5.91 Å². The number of aromatic nitrogens is 2. The largest absolute Gasteiger partial charge is 0.279 e. The number of anilines is 1. The Morgan fingerprint density at radius 3 is 2.86 bits per heavy atom. The van der Waals surface area contributed by atoms with E-state index in [0.29, 0.717) is 22.3 Å². The van der Waals surface area contributed by atoms with Crippen LogP contribution >= 0.6 is 38.9 Å². The van der Waals surface area contributed by atoms with Crippen LogP contribution in [0.4, 0.5) is 5.13 Å². The molecule has 0 unspecified atom stereocenters. The highest BCUT2D eigenvalue weighted by atomic mass is 79.9. The molecule has 0 spiro atoms. The van der Waals surface area contributed by atoms with E-state index >= 15 is 0 Å². The summed E-state index contributed by atoms with van der Waals surface area (Å²) in [5.41, 5.74) is 3.37. The summed E-state index contributed by atoms with van der Waals surface area (Å²) < 4.78 is 1.83. The van der Waals surface area contributed by atoms with Crippen molar-refractivity contribution >= 4 is 60.1 Å². The lowest BCUT2D eigenvalue weighted by Crippen LogP contribution is -2.30. The number of thiazole rings is 1. The van der Waals surface area contributed by atoms with Crippen molar-refractivity contribution in [3.8, 4) is 0 Å². The number of halogens is 2. The normalized spacial score (nSPS) is 11.0. The van der Waals surface area contributed by atoms with E-state index in [1.807, 2.05) is 37.3 Å². The Kier molecular flexibility index (Phi) is 5.44. The van der Waals surface area contributed by atoms with Crippen molar-refractivity contribution in [3.05, 3.63) is 87.1 Å². The van der Waals surface area contributed by atoms with Crippen LogP contribution in [0.15, 0.2) is 65.4 Å². The van der Waals surface area contributed by atoms with Gasteiger partial charge in [0.15, 0.2) is 5.13 Å². The Bertz CT molecular complexity index is 1160. The van der Waals surface area contributed by atoms with Gasteiger partial charge in [-0.15, -0.1) is 0 Å². The van der Waals surface area contributed by atoms with Crippen molar-refractivity contribution < 1.29 is 4.79 Å². The molecule has 0 saturated heterocycles. The molecule has 7 heteroatoms. The number of aryl methyl sites for hydroxylation is 1. The van der Waals surface area contributed by atoms with Crippen LogP contribution in [0, 0.1) is 6.92 Å². The fraction of sp³-hybridized carbons (Fsp3) is 0.0952. The SMILES string of the molecule is Cc1ccc2nc(N(Cc3cccnc3)C(=O)c3cc(Br)ccc3Cl)sc2c1. The molecule has 2 heterocycles. The molecule has 2 aromatic carbocycles. The zero-order valence-corrected chi connectivity index (χ0v) is 18.1. The molecule has 0 aliphatic carbocycles. The van der Waals surface area contributed by atoms with Crippen molar-refractivity contribution in [2.45, 2.75) is 13.5 Å². The number of carbonyl (C=O) groups excluding carboxylic acids is 1. The molecule has 2 aromatic heterocycles. The molecule has 0 fully saturated rings. The molecular weight excluding hydrogens is 458 g/mol. The van der Waals surface area contributed by atoms with Crippen LogP contribution in [0.5, 0.6) is 0 Å². The van der Waals surface area contributed by atoms with Gasteiger partial charge in [0, 0.05) is 16.9 Å². The summed E-state index contributed by atoms with van der Waals surface area (Å²) >= 11 is 11.2. The Balaban J connectivity index is 1.80. The summed E-state index contributed by atoms with van der Waals surface area (Å²) in [6.45, 7) is 2.40. The summed E-state index contributed by atoms with van der Waals surface area (Å²) in [5.74, 6) is -0.203. The minimum atomic E-state index is -0.203. The monoisotopic (exact) mass is 471 g/mol. The van der Waals surface area contributed by atoms with Gasteiger partial charge >= 0.3 is 0 Å². The van der Waals surface area contributed by atoms with Gasteiger partial charge in [-0.2, -0.15) is 0 Å². The number of fused-ring (bicyclic) bond motifs is 1. The van der Waals surface area contributed by atoms with Gasteiger partial charge in [0.05, 0.1) is 27.3 Å². The minimum absolute atomic E-state index is 0.203. The van der Waals surface area contributed by atoms with Gasteiger partial charge in [0.2, 0.25) is 0 Å². The van der Waals surface area contributed by atoms with Crippen molar-refractivity contribution in [2.75, 3.05) is 4.90 Å². The van der Waals surface area contributed by atoms with Gasteiger partial charge in [-0.1, -0.05) is 51.0 Å². The van der Waals surface area contributed by atoms with Crippen LogP contribution < -0.4 is 4.90 Å². The average molecular weight is 473 g/mol. The summed E-state index contributed by atoms with van der Waals surface area (Å²) in [5, 5.41) is 1.03. The lowest BCUT2D eigenvalue weighted by atomic mass is 10.2. The first-order valence-electron chi connectivity index (χ1n) is 8.54. The van der Waals surface area contributed by atoms with E-state index in [1.54, 1.807) is 29.4 Å². The number of hydrogen-bond acceptors (Lipinski definition) is 4. The molecule has 1 amide bonds. The molecule has 0 radical (unpaired) electrons. The standard InChI is InChI=1S/C21H15BrClN3OS/c1-13-4-7-18-19(9-13)28-21(25-18)26(12-14-3-2-8-24-11-14)20(27)16-10-15(22)5-6-17(16)23/h2-11H,12H2,1H3. The molecule has 0 N–H and O–H groups in total. The smallest absolute Gasteiger partial charge is 0.261 e.